The van der Waals surface area contributed by atoms with E-state index in [2.05, 4.69) is 40.0 Å². The van der Waals surface area contributed by atoms with Crippen molar-refractivity contribution in [2.24, 2.45) is 0 Å². The molecule has 0 amide bonds. The molecule has 0 aromatic heterocycles. The predicted molar refractivity (Wildman–Crippen MR) is 79.9 cm³/mol. The van der Waals surface area contributed by atoms with E-state index in [1.165, 1.54) is 6.42 Å². The minimum atomic E-state index is 0.353. The van der Waals surface area contributed by atoms with Crippen molar-refractivity contribution in [3.8, 4) is 5.75 Å². The van der Waals surface area contributed by atoms with Crippen LogP contribution in [0.2, 0.25) is 0 Å². The highest BCUT2D eigenvalue weighted by Gasteiger charge is 2.03. The number of rotatable bonds is 8. The average molecular weight is 315 g/mol. The van der Waals surface area contributed by atoms with Gasteiger partial charge in [-0.15, -0.1) is 0 Å². The second kappa shape index (κ2) is 8.51. The molecule has 0 heterocycles. The van der Waals surface area contributed by atoms with Crippen LogP contribution in [0, 0.1) is 0 Å². The third kappa shape index (κ3) is 5.38. The molecule has 0 radical (unpaired) electrons. The summed E-state index contributed by atoms with van der Waals surface area (Å²) in [7, 11) is 0. The monoisotopic (exact) mass is 314 g/mol. The second-order valence-electron chi connectivity index (χ2n) is 4.38. The lowest BCUT2D eigenvalue weighted by atomic mass is 10.2. The normalized spacial score (nSPS) is 11.1. The zero-order chi connectivity index (χ0) is 13.4. The highest BCUT2D eigenvalue weighted by Crippen LogP contribution is 2.21. The number of aromatic hydroxyl groups is 1. The number of benzene rings is 1. The molecule has 0 fully saturated rings. The highest BCUT2D eigenvalue weighted by atomic mass is 79.9. The quantitative estimate of drug-likeness (QED) is 0.724. The van der Waals surface area contributed by atoms with Gasteiger partial charge in [-0.2, -0.15) is 0 Å². The van der Waals surface area contributed by atoms with Gasteiger partial charge in [0.25, 0.3) is 0 Å². The first kappa shape index (κ1) is 15.5. The molecule has 0 atom stereocenters. The van der Waals surface area contributed by atoms with Crippen LogP contribution < -0.4 is 5.32 Å². The third-order valence-electron chi connectivity index (χ3n) is 2.95. The Morgan fingerprint density at radius 1 is 1.28 bits per heavy atom. The molecular formula is C14H23BrN2O. The van der Waals surface area contributed by atoms with Gasteiger partial charge in [-0.3, -0.25) is 0 Å². The van der Waals surface area contributed by atoms with Crippen LogP contribution >= 0.6 is 15.9 Å². The number of hydrogen-bond acceptors (Lipinski definition) is 3. The van der Waals surface area contributed by atoms with Gasteiger partial charge in [-0.1, -0.05) is 29.8 Å². The first-order valence-corrected chi connectivity index (χ1v) is 7.37. The van der Waals surface area contributed by atoms with Crippen LogP contribution in [-0.2, 0) is 6.54 Å². The van der Waals surface area contributed by atoms with Crippen molar-refractivity contribution < 1.29 is 5.11 Å². The summed E-state index contributed by atoms with van der Waals surface area (Å²) in [4.78, 5) is 2.42. The molecule has 0 unspecified atom stereocenters. The van der Waals surface area contributed by atoms with Gasteiger partial charge in [0.15, 0.2) is 0 Å². The van der Waals surface area contributed by atoms with E-state index in [-0.39, 0.29) is 0 Å². The lowest BCUT2D eigenvalue weighted by Crippen LogP contribution is -2.32. The molecule has 1 aromatic carbocycles. The van der Waals surface area contributed by atoms with Gasteiger partial charge in [-0.25, -0.2) is 0 Å². The average Bonchev–Trinajstić information content (AvgIpc) is 2.37. The van der Waals surface area contributed by atoms with Crippen molar-refractivity contribution in [1.82, 2.24) is 10.2 Å². The molecule has 102 valence electrons. The third-order valence-corrected chi connectivity index (χ3v) is 3.44. The molecule has 0 saturated heterocycles. The SMILES string of the molecule is CCCN(CC)CCNCc1cc(Br)ccc1O. The largest absolute Gasteiger partial charge is 0.508 e. The lowest BCUT2D eigenvalue weighted by molar-refractivity contribution is 0.287. The number of hydrogen-bond donors (Lipinski definition) is 2. The van der Waals surface area contributed by atoms with Crippen LogP contribution in [-0.4, -0.2) is 36.2 Å². The number of likely N-dealkylation sites (N-methyl/N-ethyl adjacent to an activating group) is 1. The van der Waals surface area contributed by atoms with Crippen LogP contribution in [0.3, 0.4) is 0 Å². The van der Waals surface area contributed by atoms with Crippen molar-refractivity contribution in [3.63, 3.8) is 0 Å². The van der Waals surface area contributed by atoms with E-state index in [0.29, 0.717) is 12.3 Å². The minimum absolute atomic E-state index is 0.353. The Labute approximate surface area is 118 Å². The Morgan fingerprint density at radius 2 is 2.06 bits per heavy atom. The molecule has 1 aromatic rings. The first-order chi connectivity index (χ1) is 8.67. The molecule has 0 aliphatic carbocycles. The summed E-state index contributed by atoms with van der Waals surface area (Å²) < 4.78 is 0.998. The van der Waals surface area contributed by atoms with Crippen LogP contribution in [0.4, 0.5) is 0 Å². The summed E-state index contributed by atoms with van der Waals surface area (Å²) >= 11 is 3.41. The van der Waals surface area contributed by atoms with Crippen LogP contribution in [0.15, 0.2) is 22.7 Å². The zero-order valence-corrected chi connectivity index (χ0v) is 12.8. The molecule has 2 N–H and O–H groups in total. The van der Waals surface area contributed by atoms with Crippen molar-refractivity contribution in [3.05, 3.63) is 28.2 Å². The molecule has 0 aliphatic heterocycles. The van der Waals surface area contributed by atoms with E-state index in [1.54, 1.807) is 6.07 Å². The van der Waals surface area contributed by atoms with Gasteiger partial charge in [-0.05, 0) is 37.7 Å². The maximum atomic E-state index is 9.70. The molecule has 0 bridgehead atoms. The predicted octanol–water partition coefficient (Wildman–Crippen LogP) is 2.98. The van der Waals surface area contributed by atoms with Gasteiger partial charge < -0.3 is 15.3 Å². The van der Waals surface area contributed by atoms with E-state index in [0.717, 1.165) is 36.2 Å². The van der Waals surface area contributed by atoms with E-state index >= 15 is 0 Å². The maximum Gasteiger partial charge on any atom is 0.120 e. The first-order valence-electron chi connectivity index (χ1n) is 6.57. The lowest BCUT2D eigenvalue weighted by Gasteiger charge is -2.19. The summed E-state index contributed by atoms with van der Waals surface area (Å²) in [5, 5.41) is 13.1. The molecular weight excluding hydrogens is 292 g/mol. The number of phenols is 1. The standard InChI is InChI=1S/C14H23BrN2O/c1-3-8-17(4-2)9-7-16-11-12-10-13(15)5-6-14(12)18/h5-6,10,16,18H,3-4,7-9,11H2,1-2H3. The van der Waals surface area contributed by atoms with E-state index in [4.69, 9.17) is 0 Å². The molecule has 3 nitrogen and oxygen atoms in total. The fourth-order valence-electron chi connectivity index (χ4n) is 1.90. The summed E-state index contributed by atoms with van der Waals surface area (Å²) in [6, 6.07) is 5.52. The maximum absolute atomic E-state index is 9.70. The Kier molecular flexibility index (Phi) is 7.32. The fraction of sp³-hybridized carbons (Fsp3) is 0.571. The van der Waals surface area contributed by atoms with Crippen molar-refractivity contribution in [2.75, 3.05) is 26.2 Å². The molecule has 0 saturated carbocycles. The van der Waals surface area contributed by atoms with Gasteiger partial charge in [0, 0.05) is 29.7 Å². The van der Waals surface area contributed by atoms with E-state index in [9.17, 15) is 5.11 Å². The number of nitrogens with one attached hydrogen (secondary N) is 1. The summed E-state index contributed by atoms with van der Waals surface area (Å²) in [6.45, 7) is 9.34. The van der Waals surface area contributed by atoms with Crippen LogP contribution in [0.5, 0.6) is 5.75 Å². The summed E-state index contributed by atoms with van der Waals surface area (Å²) in [5.41, 5.74) is 0.933. The molecule has 0 aliphatic rings. The summed E-state index contributed by atoms with van der Waals surface area (Å²) in [5.74, 6) is 0.353. The topological polar surface area (TPSA) is 35.5 Å². The number of nitrogens with zero attached hydrogens (tertiary/aromatic N) is 1. The highest BCUT2D eigenvalue weighted by molar-refractivity contribution is 9.10. The Balaban J connectivity index is 2.31. The summed E-state index contributed by atoms with van der Waals surface area (Å²) in [6.07, 6.45) is 1.19. The molecule has 1 rings (SSSR count). The fourth-order valence-corrected chi connectivity index (χ4v) is 2.31. The van der Waals surface area contributed by atoms with E-state index in [1.807, 2.05) is 12.1 Å². The van der Waals surface area contributed by atoms with E-state index < -0.39 is 0 Å². The molecule has 4 heteroatoms. The van der Waals surface area contributed by atoms with Gasteiger partial charge in [0.2, 0.25) is 0 Å². The van der Waals surface area contributed by atoms with Gasteiger partial charge >= 0.3 is 0 Å². The molecule has 18 heavy (non-hydrogen) atoms. The van der Waals surface area contributed by atoms with Crippen molar-refractivity contribution >= 4 is 15.9 Å². The van der Waals surface area contributed by atoms with Crippen LogP contribution in [0.1, 0.15) is 25.8 Å². The zero-order valence-electron chi connectivity index (χ0n) is 11.2. The van der Waals surface area contributed by atoms with Crippen LogP contribution in [0.25, 0.3) is 0 Å². The second-order valence-corrected chi connectivity index (χ2v) is 5.30. The van der Waals surface area contributed by atoms with Gasteiger partial charge in [0.1, 0.15) is 5.75 Å². The Bertz CT molecular complexity index is 358. The Morgan fingerprint density at radius 3 is 2.72 bits per heavy atom. The van der Waals surface area contributed by atoms with Crippen molar-refractivity contribution in [1.29, 1.82) is 0 Å². The Hall–Kier alpha value is -0.580. The number of halogens is 1. The minimum Gasteiger partial charge on any atom is -0.508 e. The van der Waals surface area contributed by atoms with Gasteiger partial charge in [0.05, 0.1) is 0 Å². The molecule has 0 spiro atoms. The number of phenolic OH excluding ortho intramolecular Hbond substituents is 1. The smallest absolute Gasteiger partial charge is 0.120 e. The van der Waals surface area contributed by atoms with Crippen molar-refractivity contribution in [2.45, 2.75) is 26.8 Å².